The molecule has 0 bridgehead atoms. The number of carbonyl (C=O) groups is 1. The quantitative estimate of drug-likeness (QED) is 0.866. The highest BCUT2D eigenvalue weighted by atomic mass is 16.5. The van der Waals surface area contributed by atoms with Crippen LogP contribution in [0.4, 0.5) is 0 Å². The number of carbonyl (C=O) groups excluding carboxylic acids is 1. The molecule has 0 saturated heterocycles. The summed E-state index contributed by atoms with van der Waals surface area (Å²) in [5.41, 5.74) is 1.10. The molecule has 0 spiro atoms. The fourth-order valence-corrected chi connectivity index (χ4v) is 2.04. The molecule has 1 unspecified atom stereocenters. The van der Waals surface area contributed by atoms with Crippen molar-refractivity contribution in [3.8, 4) is 5.75 Å². The molecule has 1 aliphatic heterocycles. The predicted octanol–water partition coefficient (Wildman–Crippen LogP) is 1.53. The Morgan fingerprint density at radius 2 is 2.35 bits per heavy atom. The highest BCUT2D eigenvalue weighted by Gasteiger charge is 2.28. The summed E-state index contributed by atoms with van der Waals surface area (Å²) in [5, 5.41) is 0. The first kappa shape index (κ1) is 10.1. The Morgan fingerprint density at radius 3 is 3.12 bits per heavy atom. The lowest BCUT2D eigenvalue weighted by atomic mass is 10.1. The molecule has 86 valence electrons. The highest BCUT2D eigenvalue weighted by molar-refractivity contribution is 5.86. The minimum Gasteiger partial charge on any atom is -0.482 e. The normalized spacial score (nSPS) is 17.5. The average Bonchev–Trinajstić information content (AvgIpc) is 2.96. The molecule has 2 aromatic rings. The summed E-state index contributed by atoms with van der Waals surface area (Å²) in [6.45, 7) is 0. The minimum absolute atomic E-state index is 0.0659. The molecule has 0 fully saturated rings. The number of benzene rings is 1. The summed E-state index contributed by atoms with van der Waals surface area (Å²) in [6, 6.07) is 7.77. The lowest BCUT2D eigenvalue weighted by Crippen LogP contribution is -2.27. The van der Waals surface area contributed by atoms with Crippen molar-refractivity contribution in [2.45, 2.75) is 18.9 Å². The van der Waals surface area contributed by atoms with E-state index in [1.165, 1.54) is 0 Å². The van der Waals surface area contributed by atoms with Gasteiger partial charge in [-0.1, -0.05) is 18.2 Å². The molecule has 2 heterocycles. The molecule has 4 nitrogen and oxygen atoms in total. The zero-order chi connectivity index (χ0) is 11.7. The van der Waals surface area contributed by atoms with Gasteiger partial charge >= 0.3 is 0 Å². The third-order valence-electron chi connectivity index (χ3n) is 2.90. The van der Waals surface area contributed by atoms with Crippen LogP contribution in [0.15, 0.2) is 36.7 Å². The molecule has 0 aliphatic carbocycles. The van der Waals surface area contributed by atoms with E-state index in [2.05, 4.69) is 9.97 Å². The van der Waals surface area contributed by atoms with Gasteiger partial charge in [0.25, 0.3) is 0 Å². The lowest BCUT2D eigenvalue weighted by Gasteiger charge is -2.07. The first-order valence-electron chi connectivity index (χ1n) is 5.58. The van der Waals surface area contributed by atoms with Crippen molar-refractivity contribution in [2.24, 2.45) is 0 Å². The van der Waals surface area contributed by atoms with Crippen molar-refractivity contribution in [2.75, 3.05) is 0 Å². The monoisotopic (exact) mass is 228 g/mol. The first-order chi connectivity index (χ1) is 8.33. The van der Waals surface area contributed by atoms with Gasteiger partial charge in [-0.25, -0.2) is 4.98 Å². The number of nitrogens with one attached hydrogen (secondary N) is 1. The van der Waals surface area contributed by atoms with Crippen LogP contribution in [0.2, 0.25) is 0 Å². The maximum Gasteiger partial charge on any atom is 0.181 e. The van der Waals surface area contributed by atoms with Crippen molar-refractivity contribution in [1.82, 2.24) is 9.97 Å². The average molecular weight is 228 g/mol. The summed E-state index contributed by atoms with van der Waals surface area (Å²) in [7, 11) is 0. The molecule has 17 heavy (non-hydrogen) atoms. The van der Waals surface area contributed by atoms with Crippen LogP contribution in [0.1, 0.15) is 11.4 Å². The number of H-pyrrole nitrogens is 1. The van der Waals surface area contributed by atoms with Crippen LogP contribution in [-0.4, -0.2) is 21.9 Å². The van der Waals surface area contributed by atoms with Gasteiger partial charge in [-0.3, -0.25) is 4.79 Å². The smallest absolute Gasteiger partial charge is 0.181 e. The molecular formula is C13H12N2O2. The van der Waals surface area contributed by atoms with E-state index in [0.717, 1.165) is 11.3 Å². The third kappa shape index (κ3) is 1.93. The topological polar surface area (TPSA) is 55.0 Å². The van der Waals surface area contributed by atoms with E-state index in [1.54, 1.807) is 12.4 Å². The Hall–Kier alpha value is -2.10. The fourth-order valence-electron chi connectivity index (χ4n) is 2.04. The number of nitrogens with zero attached hydrogens (tertiary/aromatic N) is 1. The number of para-hydroxylation sites is 1. The predicted molar refractivity (Wildman–Crippen MR) is 61.9 cm³/mol. The van der Waals surface area contributed by atoms with Crippen LogP contribution in [0.3, 0.4) is 0 Å². The van der Waals surface area contributed by atoms with Crippen LogP contribution >= 0.6 is 0 Å². The Morgan fingerprint density at radius 1 is 1.47 bits per heavy atom. The van der Waals surface area contributed by atoms with Gasteiger partial charge in [0, 0.05) is 18.8 Å². The number of imidazole rings is 1. The Labute approximate surface area is 98.6 Å². The number of rotatable bonds is 3. The van der Waals surface area contributed by atoms with Crippen molar-refractivity contribution in [1.29, 1.82) is 0 Å². The van der Waals surface area contributed by atoms with Gasteiger partial charge in [0.1, 0.15) is 11.6 Å². The van der Waals surface area contributed by atoms with Crippen LogP contribution in [0, 0.1) is 0 Å². The van der Waals surface area contributed by atoms with Gasteiger partial charge in [0.05, 0.1) is 6.42 Å². The number of Topliss-reactive ketones (excluding diaryl/α,β-unsaturated/α-hetero) is 1. The number of hydrogen-bond acceptors (Lipinski definition) is 3. The molecular weight excluding hydrogens is 216 g/mol. The fraction of sp³-hybridized carbons (Fsp3) is 0.231. The molecule has 1 N–H and O–H groups in total. The van der Waals surface area contributed by atoms with Crippen molar-refractivity contribution in [3.05, 3.63) is 48.0 Å². The maximum atomic E-state index is 12.0. The largest absolute Gasteiger partial charge is 0.482 e. The lowest BCUT2D eigenvalue weighted by molar-refractivity contribution is -0.124. The van der Waals surface area contributed by atoms with E-state index in [4.69, 9.17) is 4.74 Å². The van der Waals surface area contributed by atoms with Gasteiger partial charge in [0.15, 0.2) is 11.9 Å². The Bertz CT molecular complexity index is 509. The van der Waals surface area contributed by atoms with Gasteiger partial charge in [-0.2, -0.15) is 0 Å². The minimum atomic E-state index is -0.363. The van der Waals surface area contributed by atoms with E-state index in [0.29, 0.717) is 18.7 Å². The number of ketones is 1. The maximum absolute atomic E-state index is 12.0. The van der Waals surface area contributed by atoms with E-state index < -0.39 is 0 Å². The van der Waals surface area contributed by atoms with Gasteiger partial charge in [-0.15, -0.1) is 0 Å². The van der Waals surface area contributed by atoms with Crippen LogP contribution in [0.5, 0.6) is 5.75 Å². The molecule has 1 aliphatic rings. The van der Waals surface area contributed by atoms with Crippen molar-refractivity contribution in [3.63, 3.8) is 0 Å². The molecule has 0 radical (unpaired) electrons. The Kier molecular flexibility index (Phi) is 2.40. The first-order valence-corrected chi connectivity index (χ1v) is 5.58. The second kappa shape index (κ2) is 4.05. The second-order valence-corrected chi connectivity index (χ2v) is 4.10. The summed E-state index contributed by atoms with van der Waals surface area (Å²) in [5.74, 6) is 1.58. The number of fused-ring (bicyclic) bond motifs is 1. The molecule has 3 rings (SSSR count). The number of ether oxygens (including phenoxy) is 1. The highest BCUT2D eigenvalue weighted by Crippen LogP contribution is 2.28. The van der Waals surface area contributed by atoms with Gasteiger partial charge in [-0.05, 0) is 11.6 Å². The number of hydrogen-bond donors (Lipinski definition) is 1. The summed E-state index contributed by atoms with van der Waals surface area (Å²) >= 11 is 0. The molecule has 4 heteroatoms. The summed E-state index contributed by atoms with van der Waals surface area (Å²) in [6.07, 6.45) is 3.96. The third-order valence-corrected chi connectivity index (χ3v) is 2.90. The molecule has 0 saturated carbocycles. The SMILES string of the molecule is O=C(Cc1ncc[nH]1)C1Cc2ccccc2O1. The summed E-state index contributed by atoms with van der Waals surface area (Å²) < 4.78 is 5.63. The standard InChI is InChI=1S/C13H12N2O2/c16-10(8-13-14-5-6-15-13)12-7-9-3-1-2-4-11(9)17-12/h1-6,12H,7-8H2,(H,14,15). The molecule has 1 aromatic heterocycles. The van der Waals surface area contributed by atoms with Crippen LogP contribution < -0.4 is 4.74 Å². The van der Waals surface area contributed by atoms with Gasteiger partial charge in [0.2, 0.25) is 0 Å². The van der Waals surface area contributed by atoms with Crippen molar-refractivity contribution >= 4 is 5.78 Å². The number of aromatic nitrogens is 2. The van der Waals surface area contributed by atoms with Crippen LogP contribution in [-0.2, 0) is 17.6 Å². The van der Waals surface area contributed by atoms with E-state index in [1.807, 2.05) is 24.3 Å². The van der Waals surface area contributed by atoms with E-state index in [-0.39, 0.29) is 11.9 Å². The van der Waals surface area contributed by atoms with Crippen molar-refractivity contribution < 1.29 is 9.53 Å². The summed E-state index contributed by atoms with van der Waals surface area (Å²) in [4.78, 5) is 19.0. The Balaban J connectivity index is 1.70. The molecule has 0 amide bonds. The number of aromatic amines is 1. The zero-order valence-corrected chi connectivity index (χ0v) is 9.22. The second-order valence-electron chi connectivity index (χ2n) is 4.10. The molecule has 1 aromatic carbocycles. The van der Waals surface area contributed by atoms with Gasteiger partial charge < -0.3 is 9.72 Å². The molecule has 1 atom stereocenters. The van der Waals surface area contributed by atoms with Crippen LogP contribution in [0.25, 0.3) is 0 Å². The zero-order valence-electron chi connectivity index (χ0n) is 9.22. The van der Waals surface area contributed by atoms with E-state index in [9.17, 15) is 4.79 Å². The van der Waals surface area contributed by atoms with E-state index >= 15 is 0 Å².